The van der Waals surface area contributed by atoms with Gasteiger partial charge in [-0.1, -0.05) is 0 Å². The van der Waals surface area contributed by atoms with Crippen molar-refractivity contribution in [1.82, 2.24) is 9.78 Å². The van der Waals surface area contributed by atoms with Gasteiger partial charge in [-0.15, -0.1) is 0 Å². The molecule has 0 spiro atoms. The van der Waals surface area contributed by atoms with Crippen LogP contribution in [-0.4, -0.2) is 26.3 Å². The Morgan fingerprint density at radius 3 is 2.61 bits per heavy atom. The smallest absolute Gasteiger partial charge is 0.133 e. The second kappa shape index (κ2) is 5.13. The summed E-state index contributed by atoms with van der Waals surface area (Å²) in [4.78, 5) is 11.3. The Balaban J connectivity index is 2.20. The zero-order chi connectivity index (χ0) is 13.3. The molecule has 2 rings (SSSR count). The first-order chi connectivity index (χ1) is 8.45. The summed E-state index contributed by atoms with van der Waals surface area (Å²) in [5.74, 6) is 0.263. The lowest BCUT2D eigenvalue weighted by Crippen LogP contribution is -2.37. The van der Waals surface area contributed by atoms with E-state index in [9.17, 15) is 9.90 Å². The van der Waals surface area contributed by atoms with E-state index in [1.165, 1.54) is 0 Å². The van der Waals surface area contributed by atoms with E-state index in [0.29, 0.717) is 32.1 Å². The lowest BCUT2D eigenvalue weighted by atomic mass is 9.81. The van der Waals surface area contributed by atoms with E-state index < -0.39 is 5.60 Å². The van der Waals surface area contributed by atoms with Gasteiger partial charge in [0.15, 0.2) is 0 Å². The minimum Gasteiger partial charge on any atom is -0.389 e. The van der Waals surface area contributed by atoms with E-state index in [1.807, 2.05) is 18.5 Å². The van der Waals surface area contributed by atoms with Crippen LogP contribution in [0.2, 0.25) is 0 Å². The number of rotatable bonds is 3. The molecule has 0 unspecified atom stereocenters. The van der Waals surface area contributed by atoms with Gasteiger partial charge in [0, 0.05) is 25.8 Å². The van der Waals surface area contributed by atoms with Crippen molar-refractivity contribution in [3.63, 3.8) is 0 Å². The number of aromatic nitrogens is 2. The van der Waals surface area contributed by atoms with Crippen LogP contribution in [0.1, 0.15) is 44.0 Å². The molecule has 1 aliphatic rings. The van der Waals surface area contributed by atoms with Gasteiger partial charge in [-0.05, 0) is 42.6 Å². The molecule has 1 N–H and O–H groups in total. The van der Waals surface area contributed by atoms with E-state index in [2.05, 4.69) is 21.0 Å². The lowest BCUT2D eigenvalue weighted by Gasteiger charge is -2.31. The van der Waals surface area contributed by atoms with E-state index in [1.54, 1.807) is 0 Å². The molecule has 1 aromatic rings. The predicted octanol–water partition coefficient (Wildman–Crippen LogP) is 2.39. The molecule has 0 radical (unpaired) electrons. The van der Waals surface area contributed by atoms with Crippen LogP contribution in [-0.2, 0) is 17.8 Å². The van der Waals surface area contributed by atoms with Crippen LogP contribution in [0.3, 0.4) is 0 Å². The SMILES string of the molecule is CCn1nc(C)c(Br)c1CC1(O)CCC(=O)CC1. The maximum atomic E-state index is 11.3. The third-order valence-electron chi connectivity index (χ3n) is 3.69. The molecule has 5 heteroatoms. The number of halogens is 1. The average molecular weight is 315 g/mol. The zero-order valence-corrected chi connectivity index (χ0v) is 12.5. The molecule has 0 atom stereocenters. The van der Waals surface area contributed by atoms with Crippen molar-refractivity contribution < 1.29 is 9.90 Å². The Hall–Kier alpha value is -0.680. The first-order valence-corrected chi connectivity index (χ1v) is 7.20. The average Bonchev–Trinajstić information content (AvgIpc) is 2.61. The summed E-state index contributed by atoms with van der Waals surface area (Å²) >= 11 is 3.54. The summed E-state index contributed by atoms with van der Waals surface area (Å²) in [6.45, 7) is 4.78. The van der Waals surface area contributed by atoms with E-state index in [-0.39, 0.29) is 5.78 Å². The quantitative estimate of drug-likeness (QED) is 0.932. The fourth-order valence-electron chi connectivity index (χ4n) is 2.52. The van der Waals surface area contributed by atoms with Crippen molar-refractivity contribution in [2.45, 2.75) is 58.1 Å². The number of hydrogen-bond donors (Lipinski definition) is 1. The first-order valence-electron chi connectivity index (χ1n) is 6.41. The number of aliphatic hydroxyl groups is 1. The van der Waals surface area contributed by atoms with Crippen LogP contribution in [0.15, 0.2) is 4.47 Å². The molecule has 100 valence electrons. The Bertz CT molecular complexity index is 458. The molecule has 0 bridgehead atoms. The number of hydrogen-bond acceptors (Lipinski definition) is 3. The van der Waals surface area contributed by atoms with Crippen LogP contribution in [0, 0.1) is 6.92 Å². The van der Waals surface area contributed by atoms with E-state index >= 15 is 0 Å². The molecule has 1 aromatic heterocycles. The van der Waals surface area contributed by atoms with Gasteiger partial charge in [-0.25, -0.2) is 0 Å². The molecule has 1 heterocycles. The van der Waals surface area contributed by atoms with Crippen LogP contribution in [0.25, 0.3) is 0 Å². The summed E-state index contributed by atoms with van der Waals surface area (Å²) in [5.41, 5.74) is 1.23. The topological polar surface area (TPSA) is 55.1 Å². The van der Waals surface area contributed by atoms with Crippen LogP contribution in [0.4, 0.5) is 0 Å². The molecule has 0 saturated heterocycles. The molecule has 4 nitrogen and oxygen atoms in total. The molecule has 1 aliphatic carbocycles. The third-order valence-corrected chi connectivity index (χ3v) is 4.72. The van der Waals surface area contributed by atoms with Gasteiger partial charge in [-0.3, -0.25) is 9.48 Å². The van der Waals surface area contributed by atoms with Gasteiger partial charge >= 0.3 is 0 Å². The highest BCUT2D eigenvalue weighted by molar-refractivity contribution is 9.10. The predicted molar refractivity (Wildman–Crippen MR) is 72.5 cm³/mol. The van der Waals surface area contributed by atoms with Gasteiger partial charge in [0.1, 0.15) is 5.78 Å². The second-order valence-electron chi connectivity index (χ2n) is 5.10. The van der Waals surface area contributed by atoms with Crippen LogP contribution < -0.4 is 0 Å². The molecule has 0 aromatic carbocycles. The Labute approximate surface area is 116 Å². The zero-order valence-electron chi connectivity index (χ0n) is 10.9. The fraction of sp³-hybridized carbons (Fsp3) is 0.692. The number of aryl methyl sites for hydroxylation is 2. The summed E-state index contributed by atoms with van der Waals surface area (Å²) in [6.07, 6.45) is 2.68. The number of carbonyl (C=O) groups excluding carboxylic acids is 1. The summed E-state index contributed by atoms with van der Waals surface area (Å²) < 4.78 is 2.91. The molecule has 0 amide bonds. The van der Waals surface area contributed by atoms with Crippen molar-refractivity contribution in [2.75, 3.05) is 0 Å². The van der Waals surface area contributed by atoms with Crippen molar-refractivity contribution in [1.29, 1.82) is 0 Å². The number of carbonyl (C=O) groups is 1. The standard InChI is InChI=1S/C13H19BrN2O2/c1-3-16-11(12(14)9(2)15-16)8-13(18)6-4-10(17)5-7-13/h18H,3-8H2,1-2H3. The van der Waals surface area contributed by atoms with Crippen molar-refractivity contribution in [2.24, 2.45) is 0 Å². The minimum atomic E-state index is -0.754. The maximum absolute atomic E-state index is 11.3. The highest BCUT2D eigenvalue weighted by Gasteiger charge is 2.34. The minimum absolute atomic E-state index is 0.263. The summed E-state index contributed by atoms with van der Waals surface area (Å²) in [6, 6.07) is 0. The second-order valence-corrected chi connectivity index (χ2v) is 5.89. The Kier molecular flexibility index (Phi) is 3.92. The Morgan fingerprint density at radius 2 is 2.06 bits per heavy atom. The van der Waals surface area contributed by atoms with Gasteiger partial charge in [0.25, 0.3) is 0 Å². The normalized spacial score (nSPS) is 19.2. The fourth-order valence-corrected chi connectivity index (χ4v) is 2.94. The molecule has 18 heavy (non-hydrogen) atoms. The molecule has 0 aliphatic heterocycles. The third kappa shape index (κ3) is 2.67. The molecular weight excluding hydrogens is 296 g/mol. The Morgan fingerprint density at radius 1 is 1.44 bits per heavy atom. The monoisotopic (exact) mass is 314 g/mol. The van der Waals surface area contributed by atoms with Crippen molar-refractivity contribution in [3.8, 4) is 0 Å². The van der Waals surface area contributed by atoms with Crippen molar-refractivity contribution >= 4 is 21.7 Å². The molecular formula is C13H19BrN2O2. The first kappa shape index (κ1) is 13.7. The van der Waals surface area contributed by atoms with Crippen LogP contribution >= 0.6 is 15.9 Å². The molecule has 1 fully saturated rings. The number of nitrogens with zero attached hydrogens (tertiary/aromatic N) is 2. The number of ketones is 1. The molecule has 1 saturated carbocycles. The van der Waals surface area contributed by atoms with Gasteiger partial charge in [-0.2, -0.15) is 5.10 Å². The lowest BCUT2D eigenvalue weighted by molar-refractivity contribution is -0.125. The summed E-state index contributed by atoms with van der Waals surface area (Å²) in [5, 5.41) is 15.0. The van der Waals surface area contributed by atoms with E-state index in [4.69, 9.17) is 0 Å². The highest BCUT2D eigenvalue weighted by atomic mass is 79.9. The van der Waals surface area contributed by atoms with Gasteiger partial charge in [0.05, 0.1) is 21.5 Å². The largest absolute Gasteiger partial charge is 0.389 e. The van der Waals surface area contributed by atoms with Crippen molar-refractivity contribution in [3.05, 3.63) is 15.9 Å². The maximum Gasteiger partial charge on any atom is 0.133 e. The highest BCUT2D eigenvalue weighted by Crippen LogP contribution is 2.32. The van der Waals surface area contributed by atoms with Gasteiger partial charge < -0.3 is 5.11 Å². The number of Topliss-reactive ketones (excluding diaryl/α,β-unsaturated/α-hetero) is 1. The van der Waals surface area contributed by atoms with Crippen LogP contribution in [0.5, 0.6) is 0 Å². The van der Waals surface area contributed by atoms with Gasteiger partial charge in [0.2, 0.25) is 0 Å². The summed E-state index contributed by atoms with van der Waals surface area (Å²) in [7, 11) is 0. The van der Waals surface area contributed by atoms with E-state index in [0.717, 1.165) is 22.4 Å².